The zero-order valence-corrected chi connectivity index (χ0v) is 14.9. The molecule has 0 saturated carbocycles. The molecular formula is C19H14F2N4OS. The third-order valence-corrected chi connectivity index (χ3v) is 5.04. The van der Waals surface area contributed by atoms with Gasteiger partial charge in [-0.05, 0) is 42.5 Å². The summed E-state index contributed by atoms with van der Waals surface area (Å²) in [5, 5.41) is 4.56. The lowest BCUT2D eigenvalue weighted by Crippen LogP contribution is -2.34. The number of amides is 1. The summed E-state index contributed by atoms with van der Waals surface area (Å²) in [5.41, 5.74) is 0.827. The highest BCUT2D eigenvalue weighted by molar-refractivity contribution is 7.22. The molecule has 0 bridgehead atoms. The maximum atomic E-state index is 13.6. The topological polar surface area (TPSA) is 51.0 Å². The number of halogens is 2. The van der Waals surface area contributed by atoms with Gasteiger partial charge >= 0.3 is 0 Å². The van der Waals surface area contributed by atoms with Gasteiger partial charge in [0.25, 0.3) is 5.91 Å². The largest absolute Gasteiger partial charge is 0.282 e. The number of aromatic nitrogens is 3. The van der Waals surface area contributed by atoms with Crippen LogP contribution in [0.3, 0.4) is 0 Å². The van der Waals surface area contributed by atoms with Gasteiger partial charge in [-0.3, -0.25) is 14.4 Å². The number of fused-ring (bicyclic) bond motifs is 1. The molecule has 2 aromatic heterocycles. The molecule has 0 saturated heterocycles. The quantitative estimate of drug-likeness (QED) is 0.520. The predicted octanol–water partition coefficient (Wildman–Crippen LogP) is 4.12. The molecule has 0 fully saturated rings. The smallest absolute Gasteiger partial charge is 0.260 e. The lowest BCUT2D eigenvalue weighted by atomic mass is 10.2. The molecule has 27 heavy (non-hydrogen) atoms. The molecule has 8 heteroatoms. The van der Waals surface area contributed by atoms with Crippen LogP contribution in [-0.4, -0.2) is 27.2 Å². The van der Waals surface area contributed by atoms with E-state index < -0.39 is 5.82 Å². The van der Waals surface area contributed by atoms with E-state index in [1.54, 1.807) is 35.3 Å². The van der Waals surface area contributed by atoms with E-state index in [9.17, 15) is 13.6 Å². The van der Waals surface area contributed by atoms with Crippen molar-refractivity contribution in [1.29, 1.82) is 0 Å². The lowest BCUT2D eigenvalue weighted by Gasteiger charge is -2.20. The Hall–Kier alpha value is -3.13. The first kappa shape index (κ1) is 17.3. The van der Waals surface area contributed by atoms with Gasteiger partial charge in [0.15, 0.2) is 5.13 Å². The third-order valence-electron chi connectivity index (χ3n) is 4.00. The molecule has 4 rings (SSSR count). The number of hydrogen-bond donors (Lipinski definition) is 0. The summed E-state index contributed by atoms with van der Waals surface area (Å²) in [7, 11) is 0. The number of carbonyl (C=O) groups excluding carboxylic acids is 1. The van der Waals surface area contributed by atoms with Crippen LogP contribution in [0.25, 0.3) is 10.2 Å². The highest BCUT2D eigenvalue weighted by Gasteiger charge is 2.22. The highest BCUT2D eigenvalue weighted by atomic mass is 32.1. The van der Waals surface area contributed by atoms with Gasteiger partial charge in [-0.1, -0.05) is 17.4 Å². The van der Waals surface area contributed by atoms with Crippen LogP contribution in [0.2, 0.25) is 0 Å². The third kappa shape index (κ3) is 3.70. The monoisotopic (exact) mass is 384 g/mol. The first-order chi connectivity index (χ1) is 13.1. The maximum absolute atomic E-state index is 13.6. The van der Waals surface area contributed by atoms with Gasteiger partial charge in [-0.25, -0.2) is 13.8 Å². The molecule has 2 heterocycles. The summed E-state index contributed by atoms with van der Waals surface area (Å²) in [6.45, 7) is 0.734. The van der Waals surface area contributed by atoms with Gasteiger partial charge < -0.3 is 0 Å². The standard InChI is InChI=1S/C19H14F2N4OS/c20-14-4-1-3-13(11-14)18(26)25(10-9-24-8-2-7-22-24)19-23-16-6-5-15(21)12-17(16)27-19/h1-8,11-12H,9-10H2. The molecule has 0 radical (unpaired) electrons. The van der Waals surface area contributed by atoms with E-state index >= 15 is 0 Å². The van der Waals surface area contributed by atoms with Crippen LogP contribution < -0.4 is 4.90 Å². The van der Waals surface area contributed by atoms with Crippen molar-refractivity contribution in [2.75, 3.05) is 11.4 Å². The van der Waals surface area contributed by atoms with E-state index in [2.05, 4.69) is 10.1 Å². The van der Waals surface area contributed by atoms with Gasteiger partial charge in [0.2, 0.25) is 0 Å². The van der Waals surface area contributed by atoms with E-state index in [0.29, 0.717) is 28.4 Å². The number of carbonyl (C=O) groups is 1. The zero-order valence-electron chi connectivity index (χ0n) is 14.0. The number of nitrogens with zero attached hydrogens (tertiary/aromatic N) is 4. The SMILES string of the molecule is O=C(c1cccc(F)c1)N(CCn1cccn1)c1nc2ccc(F)cc2s1. The molecule has 0 aliphatic rings. The van der Waals surface area contributed by atoms with E-state index in [-0.39, 0.29) is 17.3 Å². The summed E-state index contributed by atoms with van der Waals surface area (Å²) in [6, 6.07) is 11.6. The van der Waals surface area contributed by atoms with E-state index in [1.165, 1.54) is 46.6 Å². The average molecular weight is 384 g/mol. The number of benzene rings is 2. The second-order valence-electron chi connectivity index (χ2n) is 5.84. The van der Waals surface area contributed by atoms with Crippen LogP contribution in [0.1, 0.15) is 10.4 Å². The van der Waals surface area contributed by atoms with Crippen molar-refractivity contribution >= 4 is 32.6 Å². The summed E-state index contributed by atoms with van der Waals surface area (Å²) >= 11 is 1.21. The van der Waals surface area contributed by atoms with Crippen molar-refractivity contribution < 1.29 is 13.6 Å². The van der Waals surface area contributed by atoms with E-state index in [4.69, 9.17) is 0 Å². The molecule has 2 aromatic carbocycles. The summed E-state index contributed by atoms with van der Waals surface area (Å²) < 4.78 is 29.4. The van der Waals surface area contributed by atoms with Crippen molar-refractivity contribution in [2.24, 2.45) is 0 Å². The molecule has 0 atom stereocenters. The molecule has 0 spiro atoms. The van der Waals surface area contributed by atoms with Crippen LogP contribution >= 0.6 is 11.3 Å². The van der Waals surface area contributed by atoms with Crippen LogP contribution in [0.5, 0.6) is 0 Å². The molecule has 4 aromatic rings. The van der Waals surface area contributed by atoms with Crippen LogP contribution in [0, 0.1) is 11.6 Å². The summed E-state index contributed by atoms with van der Waals surface area (Å²) in [5.74, 6) is -1.22. The Morgan fingerprint density at radius 1 is 1.11 bits per heavy atom. The Kier molecular flexibility index (Phi) is 4.64. The average Bonchev–Trinajstić information content (AvgIpc) is 3.31. The minimum atomic E-state index is -0.487. The molecule has 0 N–H and O–H groups in total. The number of hydrogen-bond acceptors (Lipinski definition) is 4. The van der Waals surface area contributed by atoms with Gasteiger partial charge in [0.05, 0.1) is 16.8 Å². The van der Waals surface area contributed by atoms with Gasteiger partial charge in [-0.15, -0.1) is 0 Å². The maximum Gasteiger partial charge on any atom is 0.260 e. The second kappa shape index (κ2) is 7.24. The molecule has 0 unspecified atom stereocenters. The van der Waals surface area contributed by atoms with Gasteiger partial charge in [0.1, 0.15) is 11.6 Å². The Morgan fingerprint density at radius 2 is 1.96 bits per heavy atom. The molecule has 0 aliphatic carbocycles. The molecule has 136 valence electrons. The Labute approximate surface area is 157 Å². The second-order valence-corrected chi connectivity index (χ2v) is 6.85. The molecule has 5 nitrogen and oxygen atoms in total. The predicted molar refractivity (Wildman–Crippen MR) is 99.9 cm³/mol. The Bertz CT molecular complexity index is 1090. The van der Waals surface area contributed by atoms with Crippen molar-refractivity contribution in [1.82, 2.24) is 14.8 Å². The number of anilines is 1. The Balaban J connectivity index is 1.70. The van der Waals surface area contributed by atoms with Crippen molar-refractivity contribution in [3.05, 3.63) is 78.1 Å². The summed E-state index contributed by atoms with van der Waals surface area (Å²) in [4.78, 5) is 19.0. The van der Waals surface area contributed by atoms with Crippen LogP contribution in [0.4, 0.5) is 13.9 Å². The van der Waals surface area contributed by atoms with Gasteiger partial charge in [0, 0.05) is 24.5 Å². The first-order valence-electron chi connectivity index (χ1n) is 8.21. The molecule has 1 amide bonds. The summed E-state index contributed by atoms with van der Waals surface area (Å²) in [6.07, 6.45) is 3.44. The molecule has 0 aliphatic heterocycles. The lowest BCUT2D eigenvalue weighted by molar-refractivity contribution is 0.0985. The highest BCUT2D eigenvalue weighted by Crippen LogP contribution is 2.30. The normalized spacial score (nSPS) is 11.0. The van der Waals surface area contributed by atoms with E-state index in [0.717, 1.165) is 0 Å². The first-order valence-corrected chi connectivity index (χ1v) is 9.03. The van der Waals surface area contributed by atoms with Crippen molar-refractivity contribution in [2.45, 2.75) is 6.54 Å². The molecular weight excluding hydrogens is 370 g/mol. The fourth-order valence-electron chi connectivity index (χ4n) is 2.70. The van der Waals surface area contributed by atoms with E-state index in [1.807, 2.05) is 0 Å². The number of rotatable bonds is 5. The zero-order chi connectivity index (χ0) is 18.8. The minimum absolute atomic E-state index is 0.223. The fourth-order valence-corrected chi connectivity index (χ4v) is 3.71. The van der Waals surface area contributed by atoms with Crippen LogP contribution in [0.15, 0.2) is 60.9 Å². The van der Waals surface area contributed by atoms with Crippen molar-refractivity contribution in [3.63, 3.8) is 0 Å². The van der Waals surface area contributed by atoms with Crippen LogP contribution in [-0.2, 0) is 6.54 Å². The van der Waals surface area contributed by atoms with Crippen molar-refractivity contribution in [3.8, 4) is 0 Å². The fraction of sp³-hybridized carbons (Fsp3) is 0.105. The number of thiazole rings is 1. The Morgan fingerprint density at radius 3 is 2.74 bits per heavy atom. The minimum Gasteiger partial charge on any atom is -0.282 e. The van der Waals surface area contributed by atoms with Gasteiger partial charge in [-0.2, -0.15) is 5.10 Å².